The maximum Gasteiger partial charge on any atom is 0.221 e. The fourth-order valence-corrected chi connectivity index (χ4v) is 4.81. The molecule has 4 aromatic rings. The van der Waals surface area contributed by atoms with Crippen molar-refractivity contribution in [1.82, 2.24) is 19.1 Å². The third-order valence-electron chi connectivity index (χ3n) is 7.05. The average molecular weight is 671 g/mol. The summed E-state index contributed by atoms with van der Waals surface area (Å²) in [6.45, 7) is 1.71. The lowest BCUT2D eigenvalue weighted by Gasteiger charge is -2.09. The van der Waals surface area contributed by atoms with Gasteiger partial charge in [-0.1, -0.05) is 112 Å². The second-order valence-electron chi connectivity index (χ2n) is 9.99. The Labute approximate surface area is 259 Å². The highest BCUT2D eigenvalue weighted by atomic mass is 79.9. The Morgan fingerprint density at radius 2 is 0.775 bits per heavy atom. The van der Waals surface area contributed by atoms with E-state index in [1.807, 2.05) is 45.5 Å². The van der Waals surface area contributed by atoms with Crippen molar-refractivity contribution in [2.75, 3.05) is 0 Å². The van der Waals surface area contributed by atoms with E-state index >= 15 is 0 Å². The molecule has 214 valence electrons. The van der Waals surface area contributed by atoms with E-state index in [2.05, 4.69) is 46.6 Å². The van der Waals surface area contributed by atoms with Crippen LogP contribution in [0.5, 0.6) is 0 Å². The first kappa shape index (κ1) is 33.4. The van der Waals surface area contributed by atoms with Gasteiger partial charge in [0.05, 0.1) is 0 Å². The number of hydrogen-bond acceptors (Lipinski definition) is 4. The van der Waals surface area contributed by atoms with E-state index in [9.17, 15) is 0 Å². The van der Waals surface area contributed by atoms with Crippen LogP contribution >= 0.6 is 34.0 Å². The summed E-state index contributed by atoms with van der Waals surface area (Å²) in [5, 5.41) is 16.2. The summed E-state index contributed by atoms with van der Waals surface area (Å²) in [5.74, 6) is 0. The van der Waals surface area contributed by atoms with Crippen molar-refractivity contribution in [3.05, 3.63) is 96.7 Å². The molecule has 0 atom stereocenters. The molecule has 2 N–H and O–H groups in total. The van der Waals surface area contributed by atoms with Gasteiger partial charge >= 0.3 is 0 Å². The van der Waals surface area contributed by atoms with Crippen LogP contribution in [-0.4, -0.2) is 19.1 Å². The largest absolute Gasteiger partial charge is 0.317 e. The molecule has 0 aliphatic heterocycles. The van der Waals surface area contributed by atoms with Crippen LogP contribution in [0.1, 0.15) is 64.2 Å². The lowest BCUT2D eigenvalue weighted by molar-refractivity contribution is 0.509. The molecular formula is C32H42Br2N6. The van der Waals surface area contributed by atoms with Crippen molar-refractivity contribution in [3.8, 4) is 22.3 Å². The van der Waals surface area contributed by atoms with Gasteiger partial charge in [-0.15, -0.1) is 34.0 Å². The monoisotopic (exact) mass is 668 g/mol. The molecule has 0 unspecified atom stereocenters. The van der Waals surface area contributed by atoms with Crippen molar-refractivity contribution in [2.24, 2.45) is 0 Å². The Bertz CT molecular complexity index is 1260. The van der Waals surface area contributed by atoms with Crippen molar-refractivity contribution in [3.63, 3.8) is 0 Å². The Morgan fingerprint density at radius 1 is 0.450 bits per heavy atom. The van der Waals surface area contributed by atoms with Crippen LogP contribution in [0.15, 0.2) is 85.5 Å². The van der Waals surface area contributed by atoms with E-state index in [-0.39, 0.29) is 34.0 Å². The van der Waals surface area contributed by atoms with Crippen LogP contribution < -0.4 is 11.2 Å². The molecule has 2 aromatic carbocycles. The molecule has 0 aliphatic rings. The first-order valence-corrected chi connectivity index (χ1v) is 14.0. The SMILES string of the molecule is Br.Br.N=c1ncc(-c2ccccc2)cn1CCCCCCCCCCCCn1cc(-c2ccccc2)cnc1=N. The summed E-state index contributed by atoms with van der Waals surface area (Å²) in [7, 11) is 0. The molecule has 0 amide bonds. The zero-order valence-electron chi connectivity index (χ0n) is 23.2. The second kappa shape index (κ2) is 18.5. The minimum absolute atomic E-state index is 0. The Hall–Kier alpha value is -2.84. The number of nitrogens with one attached hydrogen (secondary N) is 2. The van der Waals surface area contributed by atoms with E-state index in [0.717, 1.165) is 48.2 Å². The molecule has 0 spiro atoms. The third kappa shape index (κ3) is 10.6. The molecule has 0 fully saturated rings. The number of benzene rings is 2. The van der Waals surface area contributed by atoms with Crippen LogP contribution in [0.4, 0.5) is 0 Å². The van der Waals surface area contributed by atoms with Crippen LogP contribution in [0.2, 0.25) is 0 Å². The third-order valence-corrected chi connectivity index (χ3v) is 7.05. The van der Waals surface area contributed by atoms with Crippen molar-refractivity contribution in [2.45, 2.75) is 77.3 Å². The molecule has 6 nitrogen and oxygen atoms in total. The number of aromatic nitrogens is 4. The van der Waals surface area contributed by atoms with Gasteiger partial charge in [0.25, 0.3) is 0 Å². The highest BCUT2D eigenvalue weighted by Crippen LogP contribution is 2.18. The first-order chi connectivity index (χ1) is 18.7. The standard InChI is InChI=1S/C32H40N6.2BrH/c33-31-35-23-29(27-17-11-9-12-18-27)25-37(31)21-15-7-5-3-1-2-4-6-8-16-22-38-26-30(24-36-32(38)34)28-19-13-10-14-20-28;;/h9-14,17-20,23-26,33-34H,1-8,15-16,21-22H2;2*1H. The van der Waals surface area contributed by atoms with Crippen LogP contribution in [0.3, 0.4) is 0 Å². The maximum absolute atomic E-state index is 8.11. The van der Waals surface area contributed by atoms with Gasteiger partial charge in [0.1, 0.15) is 0 Å². The molecule has 0 bridgehead atoms. The van der Waals surface area contributed by atoms with Gasteiger partial charge in [-0.05, 0) is 24.0 Å². The summed E-state index contributed by atoms with van der Waals surface area (Å²) in [5.41, 5.74) is 5.09. The zero-order valence-corrected chi connectivity index (χ0v) is 26.6. The van der Waals surface area contributed by atoms with Crippen molar-refractivity contribution < 1.29 is 0 Å². The molecule has 4 rings (SSSR count). The van der Waals surface area contributed by atoms with Crippen molar-refractivity contribution in [1.29, 1.82) is 10.8 Å². The molecule has 40 heavy (non-hydrogen) atoms. The van der Waals surface area contributed by atoms with Crippen LogP contribution in [-0.2, 0) is 13.1 Å². The number of aryl methyl sites for hydroxylation is 2. The van der Waals surface area contributed by atoms with Crippen LogP contribution in [0.25, 0.3) is 22.3 Å². The molecule has 0 saturated carbocycles. The fourth-order valence-electron chi connectivity index (χ4n) is 4.81. The van der Waals surface area contributed by atoms with Gasteiger partial charge in [0.15, 0.2) is 0 Å². The highest BCUT2D eigenvalue weighted by Gasteiger charge is 2.03. The molecular weight excluding hydrogens is 628 g/mol. The van der Waals surface area contributed by atoms with Gasteiger partial charge in [0, 0.05) is 49.0 Å². The topological polar surface area (TPSA) is 83.3 Å². The first-order valence-electron chi connectivity index (χ1n) is 14.0. The van der Waals surface area contributed by atoms with Gasteiger partial charge in [-0.2, -0.15) is 0 Å². The zero-order chi connectivity index (χ0) is 26.4. The number of unbranched alkanes of at least 4 members (excludes halogenated alkanes) is 9. The molecule has 0 aliphatic carbocycles. The lowest BCUT2D eigenvalue weighted by atomic mass is 10.1. The Balaban J connectivity index is 0.00000280. The van der Waals surface area contributed by atoms with Crippen molar-refractivity contribution >= 4 is 34.0 Å². The second-order valence-corrected chi connectivity index (χ2v) is 9.99. The normalized spacial score (nSPS) is 10.5. The minimum Gasteiger partial charge on any atom is -0.317 e. The number of rotatable bonds is 15. The Morgan fingerprint density at radius 3 is 1.12 bits per heavy atom. The van der Waals surface area contributed by atoms with Crippen LogP contribution in [0, 0.1) is 10.8 Å². The number of nitrogens with zero attached hydrogens (tertiary/aromatic N) is 4. The summed E-state index contributed by atoms with van der Waals surface area (Å²) in [6.07, 6.45) is 20.0. The van der Waals surface area contributed by atoms with Gasteiger partial charge < -0.3 is 9.13 Å². The lowest BCUT2D eigenvalue weighted by Crippen LogP contribution is -2.22. The fraction of sp³-hybridized carbons (Fsp3) is 0.375. The molecule has 0 radical (unpaired) electrons. The molecule has 8 heteroatoms. The molecule has 2 heterocycles. The van der Waals surface area contributed by atoms with E-state index in [1.165, 1.54) is 51.4 Å². The van der Waals surface area contributed by atoms with E-state index in [4.69, 9.17) is 10.8 Å². The van der Waals surface area contributed by atoms with Gasteiger partial charge in [-0.3, -0.25) is 10.8 Å². The average Bonchev–Trinajstić information content (AvgIpc) is 2.96. The predicted molar refractivity (Wildman–Crippen MR) is 174 cm³/mol. The minimum atomic E-state index is 0. The van der Waals surface area contributed by atoms with Gasteiger partial charge in [0.2, 0.25) is 11.2 Å². The van der Waals surface area contributed by atoms with E-state index < -0.39 is 0 Å². The van der Waals surface area contributed by atoms with E-state index in [1.54, 1.807) is 12.4 Å². The quantitative estimate of drug-likeness (QED) is 0.125. The Kier molecular flexibility index (Phi) is 15.4. The summed E-state index contributed by atoms with van der Waals surface area (Å²) >= 11 is 0. The number of hydrogen-bond donors (Lipinski definition) is 2. The number of halogens is 2. The van der Waals surface area contributed by atoms with E-state index in [0.29, 0.717) is 11.2 Å². The highest BCUT2D eigenvalue weighted by molar-refractivity contribution is 8.93. The smallest absolute Gasteiger partial charge is 0.221 e. The summed E-state index contributed by atoms with van der Waals surface area (Å²) in [6, 6.07) is 20.5. The predicted octanol–water partition coefficient (Wildman–Crippen LogP) is 8.13. The molecule has 2 aromatic heterocycles. The molecule has 0 saturated heterocycles. The van der Waals surface area contributed by atoms with Gasteiger partial charge in [-0.25, -0.2) is 9.97 Å². The maximum atomic E-state index is 8.11. The summed E-state index contributed by atoms with van der Waals surface area (Å²) < 4.78 is 3.94. The summed E-state index contributed by atoms with van der Waals surface area (Å²) in [4.78, 5) is 8.56.